The maximum Gasteiger partial charge on any atom is 0.265 e. The van der Waals surface area contributed by atoms with Crippen LogP contribution in [-0.2, 0) is 9.59 Å². The maximum absolute atomic E-state index is 13.1. The molecule has 0 spiro atoms. The number of allylic oxidation sites excluding steroid dienone is 5. The second-order valence-corrected chi connectivity index (χ2v) is 8.69. The highest BCUT2D eigenvalue weighted by atomic mass is 32.1. The van der Waals surface area contributed by atoms with Crippen LogP contribution >= 0.6 is 12.2 Å². The van der Waals surface area contributed by atoms with E-state index in [0.29, 0.717) is 13.1 Å². The zero-order valence-electron chi connectivity index (χ0n) is 19.6. The lowest BCUT2D eigenvalue weighted by molar-refractivity contribution is -0.133. The van der Waals surface area contributed by atoms with Crippen molar-refractivity contribution < 1.29 is 9.59 Å². The average molecular weight is 480 g/mol. The van der Waals surface area contributed by atoms with Crippen molar-refractivity contribution in [3.05, 3.63) is 113 Å². The lowest BCUT2D eigenvalue weighted by atomic mass is 9.93. The molecule has 0 atom stereocenters. The van der Waals surface area contributed by atoms with E-state index in [1.807, 2.05) is 56.5 Å². The number of thiocarbonyl (C=S) groups is 1. The zero-order chi connectivity index (χ0) is 24.5. The molecule has 1 saturated heterocycles. The zero-order valence-corrected chi connectivity index (χ0v) is 20.5. The number of fused-ring (bicyclic) bond motifs is 3. The third-order valence-electron chi connectivity index (χ3n) is 6.35. The van der Waals surface area contributed by atoms with Crippen molar-refractivity contribution in [2.24, 2.45) is 0 Å². The van der Waals surface area contributed by atoms with Gasteiger partial charge in [-0.1, -0.05) is 54.6 Å². The van der Waals surface area contributed by atoms with Gasteiger partial charge in [-0.3, -0.25) is 19.4 Å². The fourth-order valence-electron chi connectivity index (χ4n) is 4.53. The van der Waals surface area contributed by atoms with Gasteiger partial charge in [0.25, 0.3) is 11.8 Å². The lowest BCUT2D eigenvalue weighted by Crippen LogP contribution is -2.55. The van der Waals surface area contributed by atoms with Crippen LogP contribution in [0.25, 0.3) is 17.3 Å². The van der Waals surface area contributed by atoms with E-state index in [0.717, 1.165) is 33.7 Å². The number of benzene rings is 2. The Morgan fingerprint density at radius 1 is 0.829 bits per heavy atom. The summed E-state index contributed by atoms with van der Waals surface area (Å²) in [5.74, 6) is -0.718. The summed E-state index contributed by atoms with van der Waals surface area (Å²) in [5, 5.41) is 0.263. The highest BCUT2D eigenvalue weighted by Gasteiger charge is 2.37. The van der Waals surface area contributed by atoms with Crippen LogP contribution in [0.5, 0.6) is 0 Å². The van der Waals surface area contributed by atoms with E-state index in [9.17, 15) is 9.59 Å². The van der Waals surface area contributed by atoms with E-state index in [1.165, 1.54) is 9.80 Å². The fourth-order valence-corrected chi connectivity index (χ4v) is 4.95. The molecule has 0 N–H and O–H groups in total. The summed E-state index contributed by atoms with van der Waals surface area (Å²) in [6.07, 6.45) is 11.8. The van der Waals surface area contributed by atoms with Crippen LogP contribution in [0.2, 0.25) is 0 Å². The van der Waals surface area contributed by atoms with E-state index < -0.39 is 0 Å². The average Bonchev–Trinajstić information content (AvgIpc) is 2.89. The molecule has 2 amide bonds. The molecule has 0 unspecified atom stereocenters. The summed E-state index contributed by atoms with van der Waals surface area (Å²) in [6, 6.07) is 18.4. The standard InChI is InChI=1S/C29H25N3O2S/c1-3-30-27(33)25(28(34)31(4-2)29(30)35)15-14-23-18-22(20-10-6-5-7-11-20)19-26-24-13-9-8-12-21(24)16-17-32(23)26/h5-19H,3-4H2,1-2H3. The van der Waals surface area contributed by atoms with Crippen LogP contribution in [0, 0.1) is 0 Å². The van der Waals surface area contributed by atoms with Gasteiger partial charge in [-0.05, 0) is 73.1 Å². The number of amides is 2. The van der Waals surface area contributed by atoms with Gasteiger partial charge in [0.2, 0.25) is 0 Å². The van der Waals surface area contributed by atoms with Crippen LogP contribution in [0.3, 0.4) is 0 Å². The van der Waals surface area contributed by atoms with E-state index in [4.69, 9.17) is 12.2 Å². The van der Waals surface area contributed by atoms with E-state index in [1.54, 1.807) is 6.08 Å². The van der Waals surface area contributed by atoms with E-state index in [2.05, 4.69) is 47.4 Å². The topological polar surface area (TPSA) is 43.9 Å². The van der Waals surface area contributed by atoms with Gasteiger partial charge in [0.05, 0.1) is 5.70 Å². The van der Waals surface area contributed by atoms with Gasteiger partial charge in [-0.25, -0.2) is 0 Å². The Balaban J connectivity index is 1.62. The lowest BCUT2D eigenvalue weighted by Gasteiger charge is -2.35. The second-order valence-electron chi connectivity index (χ2n) is 8.32. The minimum Gasteiger partial charge on any atom is -0.316 e. The Hall–Kier alpha value is -4.03. The van der Waals surface area contributed by atoms with Crippen LogP contribution in [0.15, 0.2) is 96.4 Å². The third kappa shape index (κ3) is 3.96. The van der Waals surface area contributed by atoms with Gasteiger partial charge >= 0.3 is 0 Å². The number of nitrogens with zero attached hydrogens (tertiary/aromatic N) is 3. The minimum atomic E-state index is -0.359. The molecule has 0 aliphatic carbocycles. The summed E-state index contributed by atoms with van der Waals surface area (Å²) in [7, 11) is 0. The molecular formula is C29H25N3O2S. The van der Waals surface area contributed by atoms with Crippen molar-refractivity contribution in [2.45, 2.75) is 13.8 Å². The number of hydrogen-bond donors (Lipinski definition) is 0. The SMILES string of the molecule is CCN1C(=O)C(=CC=C2C=C(c3ccccc3)C=C3c4ccccc4C=CN23)C(=O)N(CC)C1=S. The van der Waals surface area contributed by atoms with Crippen molar-refractivity contribution in [1.29, 1.82) is 0 Å². The van der Waals surface area contributed by atoms with E-state index in [-0.39, 0.29) is 22.5 Å². The number of carbonyl (C=O) groups is 2. The largest absolute Gasteiger partial charge is 0.316 e. The number of rotatable bonds is 4. The number of carbonyl (C=O) groups excluding carboxylic acids is 2. The molecule has 2 aromatic carbocycles. The molecule has 3 aliphatic heterocycles. The van der Waals surface area contributed by atoms with Crippen LogP contribution in [0.4, 0.5) is 0 Å². The Labute approximate surface area is 210 Å². The predicted octanol–water partition coefficient (Wildman–Crippen LogP) is 5.22. The molecule has 3 aliphatic rings. The smallest absolute Gasteiger partial charge is 0.265 e. The first-order valence-electron chi connectivity index (χ1n) is 11.7. The molecule has 0 saturated carbocycles. The summed E-state index contributed by atoms with van der Waals surface area (Å²) in [5.41, 5.74) is 6.43. The minimum absolute atomic E-state index is 0.113. The summed E-state index contributed by atoms with van der Waals surface area (Å²) in [6.45, 7) is 4.53. The van der Waals surface area contributed by atoms with Gasteiger partial charge < -0.3 is 4.90 Å². The fraction of sp³-hybridized carbons (Fsp3) is 0.138. The summed E-state index contributed by atoms with van der Waals surface area (Å²) >= 11 is 5.38. The molecule has 0 bridgehead atoms. The first-order chi connectivity index (χ1) is 17.0. The van der Waals surface area contributed by atoms with Gasteiger partial charge in [-0.15, -0.1) is 0 Å². The molecule has 5 nitrogen and oxygen atoms in total. The molecule has 0 aromatic heterocycles. The molecule has 1 fully saturated rings. The quantitative estimate of drug-likeness (QED) is 0.343. The maximum atomic E-state index is 13.1. The molecule has 35 heavy (non-hydrogen) atoms. The molecule has 5 rings (SSSR count). The van der Waals surface area contributed by atoms with Gasteiger partial charge in [0.15, 0.2) is 5.11 Å². The van der Waals surface area contributed by atoms with E-state index >= 15 is 0 Å². The Bertz CT molecular complexity index is 1350. The Kier molecular flexibility index (Phi) is 6.05. The first kappa shape index (κ1) is 22.7. The van der Waals surface area contributed by atoms with Crippen LogP contribution < -0.4 is 0 Å². The van der Waals surface area contributed by atoms with Crippen molar-refractivity contribution in [1.82, 2.24) is 14.7 Å². The van der Waals surface area contributed by atoms with Gasteiger partial charge in [-0.2, -0.15) is 0 Å². The normalized spacial score (nSPS) is 18.5. The number of likely N-dealkylation sites (N-methyl/N-ethyl adjacent to an activating group) is 2. The summed E-state index contributed by atoms with van der Waals surface area (Å²) < 4.78 is 0. The van der Waals surface area contributed by atoms with Crippen LogP contribution in [-0.4, -0.2) is 44.7 Å². The molecule has 6 heteroatoms. The number of hydrogen-bond acceptors (Lipinski definition) is 4. The molecule has 2 aromatic rings. The molecule has 3 heterocycles. The van der Waals surface area contributed by atoms with Crippen molar-refractivity contribution >= 4 is 46.5 Å². The van der Waals surface area contributed by atoms with Gasteiger partial charge in [0.1, 0.15) is 5.57 Å². The third-order valence-corrected chi connectivity index (χ3v) is 6.79. The van der Waals surface area contributed by atoms with Crippen molar-refractivity contribution in [3.63, 3.8) is 0 Å². The Morgan fingerprint density at radius 3 is 2.17 bits per heavy atom. The molecular weight excluding hydrogens is 454 g/mol. The van der Waals surface area contributed by atoms with Crippen molar-refractivity contribution in [2.75, 3.05) is 13.1 Å². The monoisotopic (exact) mass is 479 g/mol. The Morgan fingerprint density at radius 2 is 1.49 bits per heavy atom. The van der Waals surface area contributed by atoms with Gasteiger partial charge in [0, 0.05) is 30.5 Å². The van der Waals surface area contributed by atoms with Crippen molar-refractivity contribution in [3.8, 4) is 0 Å². The highest BCUT2D eigenvalue weighted by Crippen LogP contribution is 2.39. The molecule has 174 valence electrons. The second kappa shape index (κ2) is 9.31. The van der Waals surface area contributed by atoms with Crippen LogP contribution in [0.1, 0.15) is 30.5 Å². The molecule has 0 radical (unpaired) electrons. The summed E-state index contributed by atoms with van der Waals surface area (Å²) in [4.78, 5) is 31.2. The first-order valence-corrected chi connectivity index (χ1v) is 12.1. The highest BCUT2D eigenvalue weighted by molar-refractivity contribution is 7.80. The predicted molar refractivity (Wildman–Crippen MR) is 143 cm³/mol.